The monoisotopic (exact) mass is 524 g/mol. The van der Waals surface area contributed by atoms with Gasteiger partial charge in [0.1, 0.15) is 11.6 Å². The summed E-state index contributed by atoms with van der Waals surface area (Å²) in [5.74, 6) is 0.586. The Morgan fingerprint density at radius 1 is 0.974 bits per heavy atom. The smallest absolute Gasteiger partial charge is 0.410 e. The van der Waals surface area contributed by atoms with E-state index in [-0.39, 0.29) is 30.2 Å². The van der Waals surface area contributed by atoms with Crippen LogP contribution in [0.15, 0.2) is 18.2 Å². The molecule has 1 aromatic rings. The van der Waals surface area contributed by atoms with Gasteiger partial charge in [-0.2, -0.15) is 0 Å². The van der Waals surface area contributed by atoms with Crippen molar-refractivity contribution in [2.24, 2.45) is 11.8 Å². The predicted molar refractivity (Wildman–Crippen MR) is 143 cm³/mol. The van der Waals surface area contributed by atoms with Crippen molar-refractivity contribution >= 4 is 29.5 Å². The first kappa shape index (κ1) is 26.5. The highest BCUT2D eigenvalue weighted by Crippen LogP contribution is 2.34. The van der Waals surface area contributed by atoms with Crippen molar-refractivity contribution in [1.82, 2.24) is 15.1 Å². The number of carbonyl (C=O) groups excluding carboxylic acids is 4. The van der Waals surface area contributed by atoms with Crippen LogP contribution < -0.4 is 10.2 Å². The third kappa shape index (κ3) is 5.81. The van der Waals surface area contributed by atoms with Crippen LogP contribution in [-0.2, 0) is 20.9 Å². The molecular formula is C29H40N4O5. The molecule has 4 amide bonds. The molecule has 4 aliphatic rings. The number of nitrogens with zero attached hydrogens (tertiary/aromatic N) is 3. The highest BCUT2D eigenvalue weighted by molar-refractivity contribution is 6.05. The molecule has 9 nitrogen and oxygen atoms in total. The van der Waals surface area contributed by atoms with Crippen molar-refractivity contribution in [2.45, 2.75) is 83.9 Å². The largest absolute Gasteiger partial charge is 0.444 e. The fourth-order valence-corrected chi connectivity index (χ4v) is 6.33. The molecule has 1 unspecified atom stereocenters. The summed E-state index contributed by atoms with van der Waals surface area (Å²) >= 11 is 0. The van der Waals surface area contributed by atoms with Crippen LogP contribution in [0.1, 0.15) is 81.6 Å². The van der Waals surface area contributed by atoms with E-state index >= 15 is 0 Å². The van der Waals surface area contributed by atoms with E-state index in [2.05, 4.69) is 16.3 Å². The van der Waals surface area contributed by atoms with Gasteiger partial charge in [-0.1, -0.05) is 0 Å². The number of benzene rings is 1. The first-order valence-corrected chi connectivity index (χ1v) is 14.1. The molecular weight excluding hydrogens is 484 g/mol. The molecule has 206 valence electrons. The van der Waals surface area contributed by atoms with Crippen LogP contribution in [-0.4, -0.2) is 71.4 Å². The Morgan fingerprint density at radius 2 is 1.63 bits per heavy atom. The molecule has 0 aliphatic carbocycles. The van der Waals surface area contributed by atoms with Crippen molar-refractivity contribution in [3.63, 3.8) is 0 Å². The molecule has 0 radical (unpaired) electrons. The fourth-order valence-electron chi connectivity index (χ4n) is 6.33. The molecule has 4 aliphatic heterocycles. The van der Waals surface area contributed by atoms with E-state index in [0.717, 1.165) is 63.1 Å². The van der Waals surface area contributed by atoms with Gasteiger partial charge in [0.2, 0.25) is 11.8 Å². The maximum atomic E-state index is 13.0. The van der Waals surface area contributed by atoms with Gasteiger partial charge in [0.25, 0.3) is 5.91 Å². The molecule has 3 saturated heterocycles. The summed E-state index contributed by atoms with van der Waals surface area (Å²) in [5.41, 5.74) is 2.29. The predicted octanol–water partition coefficient (Wildman–Crippen LogP) is 3.70. The number of piperidine rings is 3. The van der Waals surface area contributed by atoms with Gasteiger partial charge in [-0.3, -0.25) is 19.7 Å². The third-order valence-electron chi connectivity index (χ3n) is 8.42. The Bertz CT molecular complexity index is 1100. The molecule has 38 heavy (non-hydrogen) atoms. The Morgan fingerprint density at radius 3 is 2.26 bits per heavy atom. The number of hydrogen-bond acceptors (Lipinski definition) is 6. The van der Waals surface area contributed by atoms with E-state index in [4.69, 9.17) is 4.74 Å². The Kier molecular flexibility index (Phi) is 7.38. The van der Waals surface area contributed by atoms with Crippen LogP contribution in [0.2, 0.25) is 0 Å². The zero-order valence-corrected chi connectivity index (χ0v) is 22.8. The van der Waals surface area contributed by atoms with Crippen LogP contribution in [0.3, 0.4) is 0 Å². The third-order valence-corrected chi connectivity index (χ3v) is 8.42. The summed E-state index contributed by atoms with van der Waals surface area (Å²) in [5, 5.41) is 2.36. The van der Waals surface area contributed by atoms with E-state index < -0.39 is 11.6 Å². The lowest BCUT2D eigenvalue weighted by atomic mass is 9.82. The topological polar surface area (TPSA) is 99.3 Å². The maximum absolute atomic E-state index is 13.0. The van der Waals surface area contributed by atoms with Crippen LogP contribution in [0.5, 0.6) is 0 Å². The number of fused-ring (bicyclic) bond motifs is 1. The lowest BCUT2D eigenvalue weighted by molar-refractivity contribution is -0.136. The molecule has 0 spiro atoms. The number of carbonyl (C=O) groups is 4. The van der Waals surface area contributed by atoms with Crippen LogP contribution in [0, 0.1) is 11.8 Å². The Labute approximate surface area is 224 Å². The zero-order valence-electron chi connectivity index (χ0n) is 22.8. The molecule has 0 bridgehead atoms. The van der Waals surface area contributed by atoms with E-state index in [1.54, 1.807) is 4.90 Å². The summed E-state index contributed by atoms with van der Waals surface area (Å²) in [6, 6.07) is 5.44. The second-order valence-electron chi connectivity index (χ2n) is 12.3. The second-order valence-corrected chi connectivity index (χ2v) is 12.3. The normalized spacial score (nSPS) is 23.5. The summed E-state index contributed by atoms with van der Waals surface area (Å²) in [4.78, 5) is 55.0. The van der Waals surface area contributed by atoms with Gasteiger partial charge >= 0.3 is 6.09 Å². The van der Waals surface area contributed by atoms with E-state index in [9.17, 15) is 19.2 Å². The molecule has 9 heteroatoms. The van der Waals surface area contributed by atoms with E-state index in [0.29, 0.717) is 30.4 Å². The second kappa shape index (κ2) is 10.6. The summed E-state index contributed by atoms with van der Waals surface area (Å²) in [6.07, 6.45) is 6.04. The Hall–Kier alpha value is -3.10. The van der Waals surface area contributed by atoms with Crippen LogP contribution >= 0.6 is 0 Å². The minimum atomic E-state index is -0.581. The average Bonchev–Trinajstić information content (AvgIpc) is 3.19. The number of rotatable bonds is 4. The molecule has 1 aromatic carbocycles. The minimum absolute atomic E-state index is 0.127. The standard InChI is InChI=1S/C29H40N4O5/c1-29(2,3)38-28(37)32-14-10-20(11-15-32)16-19-8-12-31(13-9-19)22-4-5-23-21(17-22)18-33(27(23)36)24-6-7-25(34)30-26(24)35/h4-5,17,19-20,24H,6-16,18H2,1-3H3,(H,30,34,35). The fraction of sp³-hybridized carbons (Fsp3) is 0.655. The van der Waals surface area contributed by atoms with Gasteiger partial charge in [-0.25, -0.2) is 4.79 Å². The summed E-state index contributed by atoms with van der Waals surface area (Å²) in [7, 11) is 0. The van der Waals surface area contributed by atoms with Crippen molar-refractivity contribution in [2.75, 3.05) is 31.1 Å². The number of hydrogen-bond donors (Lipinski definition) is 1. The first-order chi connectivity index (χ1) is 18.1. The van der Waals surface area contributed by atoms with Gasteiger partial charge in [-0.15, -0.1) is 0 Å². The van der Waals surface area contributed by atoms with E-state index in [1.165, 1.54) is 6.42 Å². The van der Waals surface area contributed by atoms with Crippen molar-refractivity contribution in [1.29, 1.82) is 0 Å². The number of anilines is 1. The van der Waals surface area contributed by atoms with Crippen molar-refractivity contribution in [3.05, 3.63) is 29.3 Å². The summed E-state index contributed by atoms with van der Waals surface area (Å²) < 4.78 is 5.53. The van der Waals surface area contributed by atoms with Gasteiger partial charge < -0.3 is 19.4 Å². The first-order valence-electron chi connectivity index (χ1n) is 14.1. The molecule has 4 heterocycles. The number of ether oxygens (including phenoxy) is 1. The van der Waals surface area contributed by atoms with Crippen LogP contribution in [0.4, 0.5) is 10.5 Å². The minimum Gasteiger partial charge on any atom is -0.444 e. The molecule has 5 rings (SSSR count). The number of likely N-dealkylation sites (tertiary alicyclic amines) is 1. The average molecular weight is 525 g/mol. The van der Waals surface area contributed by atoms with Gasteiger partial charge in [0, 0.05) is 50.4 Å². The lowest BCUT2D eigenvalue weighted by Gasteiger charge is -2.38. The number of nitrogens with one attached hydrogen (secondary N) is 1. The highest BCUT2D eigenvalue weighted by atomic mass is 16.6. The van der Waals surface area contributed by atoms with Gasteiger partial charge in [-0.05, 0) is 94.9 Å². The van der Waals surface area contributed by atoms with Crippen molar-refractivity contribution in [3.8, 4) is 0 Å². The zero-order chi connectivity index (χ0) is 27.0. The van der Waals surface area contributed by atoms with Crippen molar-refractivity contribution < 1.29 is 23.9 Å². The Balaban J connectivity index is 1.10. The number of imide groups is 1. The maximum Gasteiger partial charge on any atom is 0.410 e. The molecule has 1 atom stereocenters. The quantitative estimate of drug-likeness (QED) is 0.603. The van der Waals surface area contributed by atoms with Gasteiger partial charge in [0.05, 0.1) is 0 Å². The molecule has 0 saturated carbocycles. The molecule has 0 aromatic heterocycles. The van der Waals surface area contributed by atoms with Gasteiger partial charge in [0.15, 0.2) is 0 Å². The van der Waals surface area contributed by atoms with E-state index in [1.807, 2.05) is 37.8 Å². The SMILES string of the molecule is CC(C)(C)OC(=O)N1CCC(CC2CCN(c3ccc4c(c3)CN(C3CCC(=O)NC3=O)C4=O)CC2)CC1. The number of amides is 4. The molecule has 3 fully saturated rings. The highest BCUT2D eigenvalue weighted by Gasteiger charge is 2.39. The summed E-state index contributed by atoms with van der Waals surface area (Å²) in [6.45, 7) is 9.67. The van der Waals surface area contributed by atoms with Crippen LogP contribution in [0.25, 0.3) is 0 Å². The molecule has 1 N–H and O–H groups in total. The lowest BCUT2D eigenvalue weighted by Crippen LogP contribution is -2.52.